The van der Waals surface area contributed by atoms with Gasteiger partial charge in [0.05, 0.1) is 6.04 Å². The highest BCUT2D eigenvalue weighted by atomic mass is 32.1. The van der Waals surface area contributed by atoms with Gasteiger partial charge >= 0.3 is 6.09 Å². The minimum atomic E-state index is -0.549. The maximum Gasteiger partial charge on any atom is 0.412 e. The zero-order chi connectivity index (χ0) is 18.7. The van der Waals surface area contributed by atoms with Crippen molar-refractivity contribution in [3.8, 4) is 0 Å². The first-order valence-corrected chi connectivity index (χ1v) is 9.71. The summed E-state index contributed by atoms with van der Waals surface area (Å²) >= 11 is 1.66. The molecule has 3 rings (SSSR count). The number of hydrogen-bond donors (Lipinski definition) is 1. The fraction of sp³-hybridized carbons (Fsp3) is 0.400. The third kappa shape index (κ3) is 4.43. The molecule has 2 amide bonds. The number of carbonyl (C=O) groups excluding carboxylic acids is 2. The molecule has 1 aromatic carbocycles. The largest absolute Gasteiger partial charge is 0.444 e. The SMILES string of the molecule is CC(C)(C)OC(=O)Nc1ccc(C(=O)N2CCCC2c2ccsc2)cc1. The van der Waals surface area contributed by atoms with Gasteiger partial charge in [0.15, 0.2) is 0 Å². The lowest BCUT2D eigenvalue weighted by Crippen LogP contribution is -2.30. The highest BCUT2D eigenvalue weighted by Crippen LogP contribution is 2.34. The Kier molecular flexibility index (Phi) is 5.32. The first-order chi connectivity index (χ1) is 12.3. The fourth-order valence-electron chi connectivity index (χ4n) is 3.10. The van der Waals surface area contributed by atoms with Crippen molar-refractivity contribution in [1.29, 1.82) is 0 Å². The fourth-order valence-corrected chi connectivity index (χ4v) is 3.81. The molecule has 1 atom stereocenters. The molecular formula is C20H24N2O3S. The van der Waals surface area contributed by atoms with Crippen LogP contribution in [0.1, 0.15) is 55.6 Å². The van der Waals surface area contributed by atoms with Gasteiger partial charge in [-0.2, -0.15) is 11.3 Å². The molecule has 0 spiro atoms. The number of thiophene rings is 1. The molecule has 138 valence electrons. The standard InChI is InChI=1S/C20H24N2O3S/c1-20(2,3)25-19(24)21-16-8-6-14(7-9-16)18(23)22-11-4-5-17(22)15-10-12-26-13-15/h6-10,12-13,17H,4-5,11H2,1-3H3,(H,21,24). The van der Waals surface area contributed by atoms with E-state index >= 15 is 0 Å². The maximum absolute atomic E-state index is 12.9. The van der Waals surface area contributed by atoms with E-state index in [0.29, 0.717) is 11.3 Å². The molecule has 0 radical (unpaired) electrons. The lowest BCUT2D eigenvalue weighted by atomic mass is 10.1. The lowest BCUT2D eigenvalue weighted by molar-refractivity contribution is 0.0635. The number of benzene rings is 1. The van der Waals surface area contributed by atoms with Crippen LogP contribution in [0.5, 0.6) is 0 Å². The van der Waals surface area contributed by atoms with Gasteiger partial charge in [-0.15, -0.1) is 0 Å². The van der Waals surface area contributed by atoms with Gasteiger partial charge in [-0.3, -0.25) is 10.1 Å². The monoisotopic (exact) mass is 372 g/mol. The van der Waals surface area contributed by atoms with Gasteiger partial charge in [0.2, 0.25) is 0 Å². The molecule has 1 unspecified atom stereocenters. The number of hydrogen-bond acceptors (Lipinski definition) is 4. The average Bonchev–Trinajstić information content (AvgIpc) is 3.24. The second kappa shape index (κ2) is 7.50. The average molecular weight is 372 g/mol. The third-order valence-electron chi connectivity index (χ3n) is 4.22. The van der Waals surface area contributed by atoms with Crippen molar-refractivity contribution >= 4 is 29.0 Å². The van der Waals surface area contributed by atoms with Crippen LogP contribution in [0.25, 0.3) is 0 Å². The molecule has 0 aliphatic carbocycles. The van der Waals surface area contributed by atoms with E-state index in [0.717, 1.165) is 19.4 Å². The van der Waals surface area contributed by atoms with Crippen LogP contribution in [0.3, 0.4) is 0 Å². The summed E-state index contributed by atoms with van der Waals surface area (Å²) in [6.07, 6.45) is 1.51. The second-order valence-corrected chi connectivity index (χ2v) is 8.20. The summed E-state index contributed by atoms with van der Waals surface area (Å²) in [6.45, 7) is 6.22. The van der Waals surface area contributed by atoms with E-state index in [4.69, 9.17) is 4.74 Å². The Balaban J connectivity index is 1.66. The number of likely N-dealkylation sites (tertiary alicyclic amines) is 1. The molecule has 2 heterocycles. The van der Waals surface area contributed by atoms with Crippen LogP contribution in [0, 0.1) is 0 Å². The van der Waals surface area contributed by atoms with Gasteiger partial charge in [-0.1, -0.05) is 0 Å². The Morgan fingerprint density at radius 2 is 1.92 bits per heavy atom. The number of ether oxygens (including phenoxy) is 1. The number of amides is 2. The number of nitrogens with one attached hydrogen (secondary N) is 1. The smallest absolute Gasteiger partial charge is 0.412 e. The molecular weight excluding hydrogens is 348 g/mol. The highest BCUT2D eigenvalue weighted by molar-refractivity contribution is 7.08. The van der Waals surface area contributed by atoms with Gasteiger partial charge in [-0.05, 0) is 80.3 Å². The van der Waals surface area contributed by atoms with E-state index < -0.39 is 11.7 Å². The summed E-state index contributed by atoms with van der Waals surface area (Å²) < 4.78 is 5.23. The molecule has 2 aromatic rings. The van der Waals surface area contributed by atoms with Crippen molar-refractivity contribution in [3.05, 3.63) is 52.2 Å². The first kappa shape index (κ1) is 18.5. The summed E-state index contributed by atoms with van der Waals surface area (Å²) in [4.78, 5) is 26.7. The summed E-state index contributed by atoms with van der Waals surface area (Å²) in [5.74, 6) is 0.0301. The van der Waals surface area contributed by atoms with Gasteiger partial charge in [0.1, 0.15) is 5.60 Å². The molecule has 1 aliphatic rings. The van der Waals surface area contributed by atoms with Crippen LogP contribution < -0.4 is 5.32 Å². The highest BCUT2D eigenvalue weighted by Gasteiger charge is 2.30. The summed E-state index contributed by atoms with van der Waals surface area (Å²) in [5.41, 5.74) is 1.89. The molecule has 1 N–H and O–H groups in total. The molecule has 1 aliphatic heterocycles. The zero-order valence-corrected chi connectivity index (χ0v) is 16.1. The van der Waals surface area contributed by atoms with Crippen molar-refractivity contribution in [1.82, 2.24) is 4.90 Å². The Morgan fingerprint density at radius 3 is 2.54 bits per heavy atom. The van der Waals surface area contributed by atoms with Gasteiger partial charge in [0.25, 0.3) is 5.91 Å². The summed E-state index contributed by atoms with van der Waals surface area (Å²) in [5, 5.41) is 6.84. The Labute approximate surface area is 158 Å². The minimum absolute atomic E-state index is 0.0301. The van der Waals surface area contributed by atoms with Crippen LogP contribution in [-0.2, 0) is 4.74 Å². The molecule has 26 heavy (non-hydrogen) atoms. The molecule has 1 aromatic heterocycles. The van der Waals surface area contributed by atoms with Crippen LogP contribution in [-0.4, -0.2) is 29.0 Å². The van der Waals surface area contributed by atoms with Crippen molar-refractivity contribution in [2.24, 2.45) is 0 Å². The predicted octanol–water partition coefficient (Wildman–Crippen LogP) is 5.07. The van der Waals surface area contributed by atoms with Crippen LogP contribution in [0.15, 0.2) is 41.1 Å². The lowest BCUT2D eigenvalue weighted by Gasteiger charge is -2.24. The Hall–Kier alpha value is -2.34. The van der Waals surface area contributed by atoms with Crippen LogP contribution in [0.4, 0.5) is 10.5 Å². The van der Waals surface area contributed by atoms with Crippen molar-refractivity contribution in [3.63, 3.8) is 0 Å². The van der Waals surface area contributed by atoms with E-state index in [9.17, 15) is 9.59 Å². The predicted molar refractivity (Wildman–Crippen MR) is 104 cm³/mol. The van der Waals surface area contributed by atoms with E-state index in [1.807, 2.05) is 31.1 Å². The number of anilines is 1. The number of carbonyl (C=O) groups is 2. The Bertz CT molecular complexity index is 763. The topological polar surface area (TPSA) is 58.6 Å². The van der Waals surface area contributed by atoms with E-state index in [2.05, 4.69) is 16.8 Å². The van der Waals surface area contributed by atoms with E-state index in [1.165, 1.54) is 5.56 Å². The Morgan fingerprint density at radius 1 is 1.19 bits per heavy atom. The normalized spacial score (nSPS) is 17.2. The van der Waals surface area contributed by atoms with Crippen LogP contribution in [0.2, 0.25) is 0 Å². The van der Waals surface area contributed by atoms with Gasteiger partial charge < -0.3 is 9.64 Å². The third-order valence-corrected chi connectivity index (χ3v) is 4.92. The first-order valence-electron chi connectivity index (χ1n) is 8.76. The van der Waals surface area contributed by atoms with Crippen molar-refractivity contribution in [2.45, 2.75) is 45.3 Å². The second-order valence-electron chi connectivity index (χ2n) is 7.42. The summed E-state index contributed by atoms with van der Waals surface area (Å²) in [6, 6.07) is 9.21. The molecule has 1 fully saturated rings. The molecule has 0 bridgehead atoms. The maximum atomic E-state index is 12.9. The van der Waals surface area contributed by atoms with Gasteiger partial charge in [0, 0.05) is 17.8 Å². The van der Waals surface area contributed by atoms with E-state index in [1.54, 1.807) is 35.6 Å². The molecule has 1 saturated heterocycles. The van der Waals surface area contributed by atoms with E-state index in [-0.39, 0.29) is 11.9 Å². The zero-order valence-electron chi connectivity index (χ0n) is 15.3. The van der Waals surface area contributed by atoms with Crippen LogP contribution >= 0.6 is 11.3 Å². The summed E-state index contributed by atoms with van der Waals surface area (Å²) in [7, 11) is 0. The van der Waals surface area contributed by atoms with Crippen molar-refractivity contribution < 1.29 is 14.3 Å². The molecule has 5 nitrogen and oxygen atoms in total. The molecule has 6 heteroatoms. The molecule has 0 saturated carbocycles. The number of nitrogens with zero attached hydrogens (tertiary/aromatic N) is 1. The number of rotatable bonds is 3. The minimum Gasteiger partial charge on any atom is -0.444 e. The quantitative estimate of drug-likeness (QED) is 0.818. The van der Waals surface area contributed by atoms with Gasteiger partial charge in [-0.25, -0.2) is 4.79 Å². The van der Waals surface area contributed by atoms with Crippen molar-refractivity contribution in [2.75, 3.05) is 11.9 Å².